The van der Waals surface area contributed by atoms with Crippen molar-refractivity contribution in [2.45, 2.75) is 18.4 Å². The quantitative estimate of drug-likeness (QED) is 0.622. The molecule has 0 bridgehead atoms. The lowest BCUT2D eigenvalue weighted by Crippen LogP contribution is -2.48. The molecule has 3 aromatic rings. The molecule has 1 amide bonds. The van der Waals surface area contributed by atoms with Gasteiger partial charge < -0.3 is 5.32 Å². The lowest BCUT2D eigenvalue weighted by molar-refractivity contribution is 0.102. The molecule has 166 valence electrons. The second-order valence-corrected chi connectivity index (χ2v) is 9.90. The molecular formula is C25H27N3O3S. The first-order chi connectivity index (χ1) is 15.4. The molecule has 6 nitrogen and oxygen atoms in total. The number of aryl methyl sites for hydroxylation is 1. The van der Waals surface area contributed by atoms with Crippen LogP contribution in [0, 0.1) is 6.92 Å². The van der Waals surface area contributed by atoms with E-state index in [1.165, 1.54) is 0 Å². The summed E-state index contributed by atoms with van der Waals surface area (Å²) in [7, 11) is -3.46. The van der Waals surface area contributed by atoms with Crippen LogP contribution in [0.4, 0.5) is 5.69 Å². The van der Waals surface area contributed by atoms with Gasteiger partial charge in [0.25, 0.3) is 5.91 Å². The van der Waals surface area contributed by atoms with Crippen molar-refractivity contribution in [3.05, 3.63) is 95.6 Å². The molecule has 1 aliphatic rings. The van der Waals surface area contributed by atoms with Gasteiger partial charge in [-0.2, -0.15) is 4.31 Å². The number of amides is 1. The average Bonchev–Trinajstić information content (AvgIpc) is 2.82. The largest absolute Gasteiger partial charge is 0.322 e. The predicted molar refractivity (Wildman–Crippen MR) is 126 cm³/mol. The van der Waals surface area contributed by atoms with Gasteiger partial charge in [0, 0.05) is 44.0 Å². The van der Waals surface area contributed by atoms with Gasteiger partial charge in [0.15, 0.2) is 0 Å². The summed E-state index contributed by atoms with van der Waals surface area (Å²) < 4.78 is 27.2. The first-order valence-electron chi connectivity index (χ1n) is 10.7. The number of piperazine rings is 1. The highest BCUT2D eigenvalue weighted by Gasteiger charge is 2.28. The van der Waals surface area contributed by atoms with E-state index in [9.17, 15) is 13.2 Å². The smallest absolute Gasteiger partial charge is 0.255 e. The number of carbonyl (C=O) groups excluding carboxylic acids is 1. The van der Waals surface area contributed by atoms with E-state index < -0.39 is 10.0 Å². The van der Waals surface area contributed by atoms with E-state index in [1.807, 2.05) is 61.5 Å². The minimum absolute atomic E-state index is 0.139. The van der Waals surface area contributed by atoms with Crippen LogP contribution in [-0.2, 0) is 16.6 Å². The lowest BCUT2D eigenvalue weighted by Gasteiger charge is -2.34. The Morgan fingerprint density at radius 1 is 0.875 bits per heavy atom. The molecular weight excluding hydrogens is 422 g/mol. The van der Waals surface area contributed by atoms with E-state index in [0.29, 0.717) is 43.2 Å². The molecule has 0 radical (unpaired) electrons. The predicted octanol–water partition coefficient (Wildman–Crippen LogP) is 3.75. The van der Waals surface area contributed by atoms with Crippen molar-refractivity contribution in [2.75, 3.05) is 31.5 Å². The zero-order chi connectivity index (χ0) is 22.6. The molecule has 0 aliphatic carbocycles. The molecule has 1 saturated heterocycles. The summed E-state index contributed by atoms with van der Waals surface area (Å²) in [5, 5.41) is 2.97. The van der Waals surface area contributed by atoms with Gasteiger partial charge in [0.2, 0.25) is 10.0 Å². The number of benzene rings is 3. The van der Waals surface area contributed by atoms with Crippen LogP contribution < -0.4 is 5.32 Å². The van der Waals surface area contributed by atoms with E-state index >= 15 is 0 Å². The number of rotatable bonds is 6. The maximum atomic E-state index is 12.8. The highest BCUT2D eigenvalue weighted by molar-refractivity contribution is 7.89. The number of nitrogens with one attached hydrogen (secondary N) is 1. The van der Waals surface area contributed by atoms with Crippen molar-refractivity contribution in [1.29, 1.82) is 0 Å². The number of carbonyl (C=O) groups is 1. The highest BCUT2D eigenvalue weighted by Crippen LogP contribution is 2.19. The fraction of sp³-hybridized carbons (Fsp3) is 0.240. The molecule has 1 N–H and O–H groups in total. The zero-order valence-corrected chi connectivity index (χ0v) is 18.9. The highest BCUT2D eigenvalue weighted by atomic mass is 32.2. The Morgan fingerprint density at radius 2 is 1.56 bits per heavy atom. The summed E-state index contributed by atoms with van der Waals surface area (Å²) in [5.41, 5.74) is 3.46. The van der Waals surface area contributed by atoms with Gasteiger partial charge in [-0.05, 0) is 48.4 Å². The van der Waals surface area contributed by atoms with Gasteiger partial charge in [-0.3, -0.25) is 9.69 Å². The average molecular weight is 450 g/mol. The van der Waals surface area contributed by atoms with Gasteiger partial charge in [0.05, 0.1) is 4.90 Å². The molecule has 0 aromatic heterocycles. The van der Waals surface area contributed by atoms with Crippen LogP contribution in [0.3, 0.4) is 0 Å². The first kappa shape index (κ1) is 22.2. The minimum atomic E-state index is -3.46. The Hall–Kier alpha value is -3.00. The molecule has 0 atom stereocenters. The molecule has 0 unspecified atom stereocenters. The SMILES string of the molecule is Cc1ccccc1NC(=O)c1cccc(CN2CCN(S(=O)(=O)c3ccccc3)CC2)c1. The van der Waals surface area contributed by atoms with Crippen molar-refractivity contribution >= 4 is 21.6 Å². The second kappa shape index (κ2) is 9.65. The van der Waals surface area contributed by atoms with Crippen molar-refractivity contribution in [1.82, 2.24) is 9.21 Å². The normalized spacial score (nSPS) is 15.4. The van der Waals surface area contributed by atoms with E-state index in [-0.39, 0.29) is 5.91 Å². The van der Waals surface area contributed by atoms with Gasteiger partial charge in [-0.25, -0.2) is 8.42 Å². The van der Waals surface area contributed by atoms with Crippen LogP contribution in [-0.4, -0.2) is 49.7 Å². The summed E-state index contributed by atoms with van der Waals surface area (Å²) >= 11 is 0. The topological polar surface area (TPSA) is 69.7 Å². The summed E-state index contributed by atoms with van der Waals surface area (Å²) in [4.78, 5) is 15.3. The molecule has 1 aliphatic heterocycles. The summed E-state index contributed by atoms with van der Waals surface area (Å²) in [6, 6.07) is 23.8. The fourth-order valence-electron chi connectivity index (χ4n) is 3.85. The lowest BCUT2D eigenvalue weighted by atomic mass is 10.1. The van der Waals surface area contributed by atoms with Crippen molar-refractivity contribution in [2.24, 2.45) is 0 Å². The molecule has 0 saturated carbocycles. The molecule has 7 heteroatoms. The van der Waals surface area contributed by atoms with E-state index in [2.05, 4.69) is 10.2 Å². The number of sulfonamides is 1. The third-order valence-electron chi connectivity index (χ3n) is 5.70. The van der Waals surface area contributed by atoms with Gasteiger partial charge in [0.1, 0.15) is 0 Å². The van der Waals surface area contributed by atoms with Crippen LogP contribution in [0.15, 0.2) is 83.8 Å². The first-order valence-corrected chi connectivity index (χ1v) is 12.1. The zero-order valence-electron chi connectivity index (χ0n) is 18.1. The summed E-state index contributed by atoms with van der Waals surface area (Å²) in [6.45, 7) is 4.82. The van der Waals surface area contributed by atoms with Crippen molar-refractivity contribution in [3.63, 3.8) is 0 Å². The summed E-state index contributed by atoms with van der Waals surface area (Å²) in [5.74, 6) is -0.139. The monoisotopic (exact) mass is 449 g/mol. The van der Waals surface area contributed by atoms with Crippen LogP contribution >= 0.6 is 0 Å². The van der Waals surface area contributed by atoms with Gasteiger partial charge in [-0.1, -0.05) is 48.5 Å². The number of hydrogen-bond acceptors (Lipinski definition) is 4. The van der Waals surface area contributed by atoms with E-state index in [1.54, 1.807) is 28.6 Å². The number of anilines is 1. The summed E-state index contributed by atoms with van der Waals surface area (Å²) in [6.07, 6.45) is 0. The van der Waals surface area contributed by atoms with Crippen molar-refractivity contribution in [3.8, 4) is 0 Å². The molecule has 1 fully saturated rings. The number of nitrogens with zero attached hydrogens (tertiary/aromatic N) is 2. The Kier molecular flexibility index (Phi) is 6.69. The number of hydrogen-bond donors (Lipinski definition) is 1. The molecule has 0 spiro atoms. The molecule has 32 heavy (non-hydrogen) atoms. The Morgan fingerprint density at radius 3 is 2.28 bits per heavy atom. The van der Waals surface area contributed by atoms with Crippen LogP contribution in [0.25, 0.3) is 0 Å². The van der Waals surface area contributed by atoms with Crippen molar-refractivity contribution < 1.29 is 13.2 Å². The van der Waals surface area contributed by atoms with E-state index in [4.69, 9.17) is 0 Å². The van der Waals surface area contributed by atoms with Crippen LogP contribution in [0.5, 0.6) is 0 Å². The Bertz CT molecular complexity index is 1190. The fourth-order valence-corrected chi connectivity index (χ4v) is 5.29. The standard InChI is InChI=1S/C25H27N3O3S/c1-20-8-5-6-13-24(20)26-25(29)22-10-7-9-21(18-22)19-27-14-16-28(17-15-27)32(30,31)23-11-3-2-4-12-23/h2-13,18H,14-17,19H2,1H3,(H,26,29). The minimum Gasteiger partial charge on any atom is -0.322 e. The third kappa shape index (κ3) is 5.07. The van der Waals surface area contributed by atoms with Crippen LogP contribution in [0.1, 0.15) is 21.5 Å². The van der Waals surface area contributed by atoms with Gasteiger partial charge in [-0.15, -0.1) is 0 Å². The molecule has 1 heterocycles. The Labute approximate surface area is 189 Å². The number of para-hydroxylation sites is 1. The second-order valence-electron chi connectivity index (χ2n) is 7.96. The van der Waals surface area contributed by atoms with Gasteiger partial charge >= 0.3 is 0 Å². The maximum Gasteiger partial charge on any atom is 0.255 e. The third-order valence-corrected chi connectivity index (χ3v) is 7.61. The molecule has 4 rings (SSSR count). The van der Waals surface area contributed by atoms with Crippen LogP contribution in [0.2, 0.25) is 0 Å². The van der Waals surface area contributed by atoms with E-state index in [0.717, 1.165) is 16.8 Å². The Balaban J connectivity index is 1.37. The maximum absolute atomic E-state index is 12.8. The molecule has 3 aromatic carbocycles.